The molecule has 0 aliphatic heterocycles. The van der Waals surface area contributed by atoms with Crippen molar-refractivity contribution in [1.29, 1.82) is 0 Å². The van der Waals surface area contributed by atoms with Gasteiger partial charge in [-0.2, -0.15) is 4.90 Å². The van der Waals surface area contributed by atoms with Crippen molar-refractivity contribution >= 4 is 59.6 Å². The Kier molecular flexibility index (Phi) is 18.4. The number of aromatic nitrogens is 1. The highest BCUT2D eigenvalue weighted by Crippen LogP contribution is 2.34. The van der Waals surface area contributed by atoms with Gasteiger partial charge in [0.2, 0.25) is 5.91 Å². The van der Waals surface area contributed by atoms with Gasteiger partial charge in [0.05, 0.1) is 6.20 Å². The van der Waals surface area contributed by atoms with Crippen LogP contribution in [-0.2, 0) is 30.4 Å². The number of aliphatic hydroxyl groups excluding tert-OH is 1. The second-order valence-electron chi connectivity index (χ2n) is 16.8. The maximum Gasteiger partial charge on any atom is 0.425 e. The van der Waals surface area contributed by atoms with Crippen LogP contribution in [0, 0.1) is 25.6 Å². The van der Waals surface area contributed by atoms with Gasteiger partial charge >= 0.3 is 12.2 Å². The van der Waals surface area contributed by atoms with Crippen LogP contribution in [0.3, 0.4) is 0 Å². The van der Waals surface area contributed by atoms with E-state index in [4.69, 9.17) is 24.8 Å². The van der Waals surface area contributed by atoms with Crippen LogP contribution in [0.2, 0.25) is 0 Å². The van der Waals surface area contributed by atoms with E-state index in [2.05, 4.69) is 17.2 Å². The van der Waals surface area contributed by atoms with Gasteiger partial charge in [-0.1, -0.05) is 51.0 Å². The summed E-state index contributed by atoms with van der Waals surface area (Å²) in [7, 11) is 1.70. The highest BCUT2D eigenvalue weighted by molar-refractivity contribution is 6.14. The summed E-state index contributed by atoms with van der Waals surface area (Å²) in [5, 5.41) is 13.3. The minimum Gasteiger partial charge on any atom is -0.443 e. The monoisotopic (exact) mass is 831 g/mol. The smallest absolute Gasteiger partial charge is 0.425 e. The number of hydrogen-bond donors (Lipinski definition) is 3. The Labute approximate surface area is 353 Å². The van der Waals surface area contributed by atoms with Crippen LogP contribution in [0.4, 0.5) is 31.2 Å². The normalized spacial score (nSPS) is 13.1. The summed E-state index contributed by atoms with van der Waals surface area (Å²) in [6.45, 7) is 22.3. The summed E-state index contributed by atoms with van der Waals surface area (Å²) in [5.74, 6) is -0.176. The number of hydrogen-bond acceptors (Lipinski definition) is 11. The number of pyridine rings is 1. The first-order valence-electron chi connectivity index (χ1n) is 19.6. The lowest BCUT2D eigenvalue weighted by Crippen LogP contribution is -2.44. The molecule has 1 saturated carbocycles. The number of aryl methyl sites for hydroxylation is 2. The van der Waals surface area contributed by atoms with Crippen molar-refractivity contribution in [2.24, 2.45) is 5.92 Å². The van der Waals surface area contributed by atoms with E-state index in [0.29, 0.717) is 28.4 Å². The van der Waals surface area contributed by atoms with E-state index in [1.165, 1.54) is 25.0 Å². The Hall–Kier alpha value is -5.89. The molecule has 1 aromatic heterocycles. The molecule has 0 spiro atoms. The first-order valence-corrected chi connectivity index (χ1v) is 19.6. The molecule has 1 aliphatic carbocycles. The minimum absolute atomic E-state index is 0.0259. The Balaban J connectivity index is 0.00000142. The van der Waals surface area contributed by atoms with E-state index in [1.54, 1.807) is 59.6 Å². The molecule has 3 aromatic carbocycles. The number of nitrogen functional groups attached to an aromatic ring is 1. The first-order chi connectivity index (χ1) is 28.1. The van der Waals surface area contributed by atoms with E-state index in [0.717, 1.165) is 34.4 Å². The summed E-state index contributed by atoms with van der Waals surface area (Å²) < 4.78 is 26.6. The standard InChI is InChI=1S/C40H50FN5O6.C4H8.2CH2O/c1-23-11-13-28(42)18-27(23)21-45(10)36(48)34(26-12-15-30(24(2)17-26)25(3)22-47)44-29-14-16-31-32(19-29)33(41)20-43-35(31)46(37(49)51-39(4,5)6)38(50)52-40(7,8)9;1-4-2-3-4;2*1-2/h11-20,25,34,44,47H,21-22,42H2,1-10H3;4H,2-3H2,1H3;2*1H2. The van der Waals surface area contributed by atoms with E-state index in [1.807, 2.05) is 70.7 Å². The van der Waals surface area contributed by atoms with Gasteiger partial charge < -0.3 is 40.1 Å². The second-order valence-corrected chi connectivity index (χ2v) is 16.8. The molecule has 4 aromatic rings. The number of rotatable bonds is 9. The van der Waals surface area contributed by atoms with Gasteiger partial charge in [-0.15, -0.1) is 0 Å². The molecule has 14 heteroatoms. The molecule has 1 fully saturated rings. The number of fused-ring (bicyclic) bond motifs is 1. The lowest BCUT2D eigenvalue weighted by Gasteiger charge is -2.29. The van der Waals surface area contributed by atoms with E-state index < -0.39 is 35.2 Å². The van der Waals surface area contributed by atoms with Crippen LogP contribution < -0.4 is 16.0 Å². The molecule has 326 valence electrons. The molecule has 13 nitrogen and oxygen atoms in total. The lowest BCUT2D eigenvalue weighted by atomic mass is 9.93. The summed E-state index contributed by atoms with van der Waals surface area (Å²) in [4.78, 5) is 63.5. The molecule has 3 amide bonds. The number of nitrogens with zero attached hydrogens (tertiary/aromatic N) is 3. The third-order valence-corrected chi connectivity index (χ3v) is 9.19. The highest BCUT2D eigenvalue weighted by atomic mass is 19.1. The van der Waals surface area contributed by atoms with Crippen LogP contribution in [0.25, 0.3) is 10.8 Å². The zero-order valence-corrected chi connectivity index (χ0v) is 36.9. The summed E-state index contributed by atoms with van der Waals surface area (Å²) >= 11 is 0. The number of halogens is 1. The van der Waals surface area contributed by atoms with Gasteiger partial charge in [0.25, 0.3) is 0 Å². The zero-order chi connectivity index (χ0) is 45.7. The van der Waals surface area contributed by atoms with Crippen molar-refractivity contribution in [2.45, 2.75) is 112 Å². The number of carbonyl (C=O) groups excluding carboxylic acids is 5. The van der Waals surface area contributed by atoms with Crippen LogP contribution in [0.1, 0.15) is 108 Å². The van der Waals surface area contributed by atoms with Crippen LogP contribution in [0.15, 0.2) is 60.8 Å². The Morgan fingerprint density at radius 1 is 0.900 bits per heavy atom. The number of carbonyl (C=O) groups is 5. The third kappa shape index (κ3) is 14.4. The fourth-order valence-electron chi connectivity index (χ4n) is 5.89. The Morgan fingerprint density at radius 3 is 1.97 bits per heavy atom. The van der Waals surface area contributed by atoms with Gasteiger partial charge in [-0.3, -0.25) is 4.79 Å². The van der Waals surface area contributed by atoms with Gasteiger partial charge in [0, 0.05) is 48.3 Å². The molecule has 1 heterocycles. The predicted octanol–water partition coefficient (Wildman–Crippen LogP) is 9.20. The van der Waals surface area contributed by atoms with Crippen LogP contribution >= 0.6 is 0 Å². The predicted molar refractivity (Wildman–Crippen MR) is 234 cm³/mol. The number of anilines is 3. The van der Waals surface area contributed by atoms with Crippen molar-refractivity contribution in [2.75, 3.05) is 29.6 Å². The Morgan fingerprint density at radius 2 is 1.47 bits per heavy atom. The SMILES string of the molecule is C=O.C=O.CC1CC1.Cc1ccc(N)cc1CN(C)C(=O)C(Nc1ccc2c(N(C(=O)OC(C)(C)C)C(=O)OC(C)(C)C)ncc(F)c2c1)c1ccc(C(C)CO)c(C)c1. The largest absolute Gasteiger partial charge is 0.443 e. The number of benzene rings is 3. The average Bonchev–Trinajstić information content (AvgIpc) is 3.97. The number of likely N-dealkylation sites (N-methyl/N-ethyl adjacent to an activating group) is 1. The van der Waals surface area contributed by atoms with Gasteiger partial charge in [0.1, 0.15) is 36.6 Å². The molecule has 0 saturated heterocycles. The number of aliphatic hydroxyl groups is 1. The molecule has 0 bridgehead atoms. The van der Waals surface area contributed by atoms with Crippen LogP contribution in [-0.4, -0.2) is 71.5 Å². The van der Waals surface area contributed by atoms with E-state index in [9.17, 15) is 19.5 Å². The van der Waals surface area contributed by atoms with Gasteiger partial charge in [-0.05, 0) is 119 Å². The topological polar surface area (TPSA) is 181 Å². The van der Waals surface area contributed by atoms with Crippen molar-refractivity contribution < 1.29 is 42.9 Å². The number of nitrogens with two attached hydrogens (primary N) is 1. The summed E-state index contributed by atoms with van der Waals surface area (Å²) in [6.07, 6.45) is 1.81. The van der Waals surface area contributed by atoms with Crippen molar-refractivity contribution in [3.05, 3.63) is 94.4 Å². The van der Waals surface area contributed by atoms with Gasteiger partial charge in [0.15, 0.2) is 5.82 Å². The third-order valence-electron chi connectivity index (χ3n) is 9.19. The van der Waals surface area contributed by atoms with Crippen molar-refractivity contribution in [3.63, 3.8) is 0 Å². The Bertz CT molecular complexity index is 2060. The van der Waals surface area contributed by atoms with Crippen LogP contribution in [0.5, 0.6) is 0 Å². The average molecular weight is 832 g/mol. The molecule has 2 atom stereocenters. The quantitative estimate of drug-likeness (QED) is 0.137. The molecule has 5 rings (SSSR count). The lowest BCUT2D eigenvalue weighted by molar-refractivity contribution is -0.131. The maximum atomic E-state index is 15.6. The van der Waals surface area contributed by atoms with E-state index in [-0.39, 0.29) is 35.0 Å². The number of nitrogens with one attached hydrogen (secondary N) is 1. The molecule has 4 N–H and O–H groups in total. The second kappa shape index (κ2) is 21.9. The molecular formula is C46H62FN5O8. The van der Waals surface area contributed by atoms with E-state index >= 15 is 4.39 Å². The van der Waals surface area contributed by atoms with Crippen molar-refractivity contribution in [3.8, 4) is 0 Å². The fourth-order valence-corrected chi connectivity index (χ4v) is 5.89. The summed E-state index contributed by atoms with van der Waals surface area (Å²) in [5.41, 5.74) is 9.49. The minimum atomic E-state index is -1.04. The number of imide groups is 1. The van der Waals surface area contributed by atoms with Crippen molar-refractivity contribution in [1.82, 2.24) is 9.88 Å². The fraction of sp³-hybridized carbons (Fsp3) is 0.435. The molecule has 0 radical (unpaired) electrons. The van der Waals surface area contributed by atoms with Gasteiger partial charge in [-0.25, -0.2) is 19.0 Å². The summed E-state index contributed by atoms with van der Waals surface area (Å²) in [6, 6.07) is 14.9. The molecule has 1 aliphatic rings. The highest BCUT2D eigenvalue weighted by Gasteiger charge is 2.35. The molecule has 2 unspecified atom stereocenters. The number of ether oxygens (including phenoxy) is 2. The molecule has 60 heavy (non-hydrogen) atoms. The maximum absolute atomic E-state index is 15.6. The first kappa shape index (κ1) is 50.3. The zero-order valence-electron chi connectivity index (χ0n) is 36.9. The molecular weight excluding hydrogens is 770 g/mol. The number of amides is 3.